The average molecular weight is 427 g/mol. The van der Waals surface area contributed by atoms with Gasteiger partial charge >= 0.3 is 0 Å². The van der Waals surface area contributed by atoms with Crippen LogP contribution in [0.4, 0.5) is 10.1 Å². The van der Waals surface area contributed by atoms with Gasteiger partial charge in [-0.15, -0.1) is 11.8 Å². The first-order valence-electron chi connectivity index (χ1n) is 9.86. The Hall–Kier alpha value is -2.71. The van der Waals surface area contributed by atoms with Crippen LogP contribution in [0.25, 0.3) is 11.4 Å². The average Bonchev–Trinajstić information content (AvgIpc) is 3.23. The monoisotopic (exact) mass is 426 g/mol. The summed E-state index contributed by atoms with van der Waals surface area (Å²) in [5.74, 6) is 0.569. The van der Waals surface area contributed by atoms with E-state index in [2.05, 4.69) is 20.4 Å². The first-order valence-corrected chi connectivity index (χ1v) is 11.1. The van der Waals surface area contributed by atoms with Gasteiger partial charge in [-0.05, 0) is 68.1 Å². The number of amides is 1. The smallest absolute Gasteiger partial charge is 0.241 e. The van der Waals surface area contributed by atoms with Gasteiger partial charge in [0.15, 0.2) is 0 Å². The van der Waals surface area contributed by atoms with Crippen molar-refractivity contribution >= 4 is 23.4 Å². The zero-order valence-electron chi connectivity index (χ0n) is 16.7. The summed E-state index contributed by atoms with van der Waals surface area (Å²) < 4.78 is 18.5. The van der Waals surface area contributed by atoms with E-state index in [1.165, 1.54) is 12.1 Å². The molecule has 0 aliphatic carbocycles. The van der Waals surface area contributed by atoms with Crippen LogP contribution in [0.2, 0.25) is 0 Å². The SMILES string of the molecule is CSc1cccc(NC(=O)C2CCCN(Cc3nc(-c4ccc(F)cc4)no3)C2)c1. The lowest BCUT2D eigenvalue weighted by molar-refractivity contribution is -0.121. The summed E-state index contributed by atoms with van der Waals surface area (Å²) in [6.45, 7) is 2.00. The number of nitrogens with one attached hydrogen (secondary N) is 1. The second-order valence-electron chi connectivity index (χ2n) is 7.31. The number of rotatable bonds is 6. The van der Waals surface area contributed by atoms with E-state index in [9.17, 15) is 9.18 Å². The van der Waals surface area contributed by atoms with Crippen LogP contribution in [0.1, 0.15) is 18.7 Å². The van der Waals surface area contributed by atoms with Crippen LogP contribution in [0.3, 0.4) is 0 Å². The molecule has 30 heavy (non-hydrogen) atoms. The molecule has 0 spiro atoms. The number of halogens is 1. The van der Waals surface area contributed by atoms with Crippen molar-refractivity contribution in [3.05, 3.63) is 60.2 Å². The van der Waals surface area contributed by atoms with Crippen LogP contribution in [0.15, 0.2) is 57.9 Å². The fraction of sp³-hybridized carbons (Fsp3) is 0.318. The quantitative estimate of drug-likeness (QED) is 0.587. The number of benzene rings is 2. The van der Waals surface area contributed by atoms with Gasteiger partial charge in [-0.3, -0.25) is 9.69 Å². The molecule has 4 rings (SSSR count). The number of aromatic nitrogens is 2. The van der Waals surface area contributed by atoms with Crippen molar-refractivity contribution in [1.29, 1.82) is 0 Å². The standard InChI is InChI=1S/C22H23FN4O2S/c1-30-19-6-2-5-18(12-19)24-22(28)16-4-3-11-27(13-16)14-20-25-21(26-29-20)15-7-9-17(23)10-8-15/h2,5-10,12,16H,3-4,11,13-14H2,1H3,(H,24,28). The Labute approximate surface area is 178 Å². The number of nitrogens with zero attached hydrogens (tertiary/aromatic N) is 3. The molecule has 1 fully saturated rings. The van der Waals surface area contributed by atoms with Crippen LogP contribution >= 0.6 is 11.8 Å². The summed E-state index contributed by atoms with van der Waals surface area (Å²) >= 11 is 1.65. The molecule has 0 saturated carbocycles. The maximum absolute atomic E-state index is 13.1. The minimum Gasteiger partial charge on any atom is -0.338 e. The van der Waals surface area contributed by atoms with Crippen LogP contribution in [0, 0.1) is 11.7 Å². The molecule has 1 unspecified atom stereocenters. The fourth-order valence-electron chi connectivity index (χ4n) is 3.58. The van der Waals surface area contributed by atoms with Crippen LogP contribution in [0.5, 0.6) is 0 Å². The van der Waals surface area contributed by atoms with Gasteiger partial charge in [0.25, 0.3) is 0 Å². The lowest BCUT2D eigenvalue weighted by Gasteiger charge is -2.30. The molecule has 2 heterocycles. The second kappa shape index (κ2) is 9.40. The molecule has 1 aliphatic rings. The van der Waals surface area contributed by atoms with Gasteiger partial charge in [-0.2, -0.15) is 4.98 Å². The Morgan fingerprint density at radius 1 is 1.30 bits per heavy atom. The third kappa shape index (κ3) is 5.06. The normalized spacial score (nSPS) is 17.1. The van der Waals surface area contributed by atoms with Gasteiger partial charge in [0.1, 0.15) is 5.82 Å². The molecule has 0 bridgehead atoms. The Morgan fingerprint density at radius 2 is 2.13 bits per heavy atom. The van der Waals surface area contributed by atoms with Crippen molar-refractivity contribution in [2.45, 2.75) is 24.3 Å². The van der Waals surface area contributed by atoms with Crippen LogP contribution < -0.4 is 5.32 Å². The van der Waals surface area contributed by atoms with Crippen molar-refractivity contribution in [2.75, 3.05) is 24.7 Å². The summed E-state index contributed by atoms with van der Waals surface area (Å²) in [7, 11) is 0. The van der Waals surface area contributed by atoms with Gasteiger partial charge in [-0.25, -0.2) is 4.39 Å². The summed E-state index contributed by atoms with van der Waals surface area (Å²) in [4.78, 5) is 20.4. The molecule has 156 valence electrons. The summed E-state index contributed by atoms with van der Waals surface area (Å²) in [5, 5.41) is 7.03. The summed E-state index contributed by atoms with van der Waals surface area (Å²) in [6, 6.07) is 13.8. The zero-order chi connectivity index (χ0) is 20.9. The van der Waals surface area contributed by atoms with Crippen molar-refractivity contribution < 1.29 is 13.7 Å². The Kier molecular flexibility index (Phi) is 6.44. The summed E-state index contributed by atoms with van der Waals surface area (Å²) in [6.07, 6.45) is 3.80. The van der Waals surface area contributed by atoms with Gasteiger partial charge < -0.3 is 9.84 Å². The predicted octanol–water partition coefficient (Wildman–Crippen LogP) is 4.45. The number of likely N-dealkylation sites (tertiary alicyclic amines) is 1. The number of thioether (sulfide) groups is 1. The number of anilines is 1. The third-order valence-corrected chi connectivity index (χ3v) is 5.87. The van der Waals surface area contributed by atoms with E-state index in [1.807, 2.05) is 30.5 Å². The predicted molar refractivity (Wildman–Crippen MR) is 115 cm³/mol. The summed E-state index contributed by atoms with van der Waals surface area (Å²) in [5.41, 5.74) is 1.53. The molecule has 1 amide bonds. The number of carbonyl (C=O) groups excluding carboxylic acids is 1. The molecular formula is C22H23FN4O2S. The molecule has 6 nitrogen and oxygen atoms in total. The molecule has 1 aliphatic heterocycles. The van der Waals surface area contributed by atoms with E-state index in [4.69, 9.17) is 4.52 Å². The molecule has 1 aromatic heterocycles. The third-order valence-electron chi connectivity index (χ3n) is 5.14. The van der Waals surface area contributed by atoms with Crippen molar-refractivity contribution in [1.82, 2.24) is 15.0 Å². The first kappa shape index (κ1) is 20.6. The highest BCUT2D eigenvalue weighted by Gasteiger charge is 2.27. The number of hydrogen-bond acceptors (Lipinski definition) is 6. The van der Waals surface area contributed by atoms with E-state index in [0.717, 1.165) is 30.0 Å². The maximum atomic E-state index is 13.1. The molecule has 0 radical (unpaired) electrons. The van der Waals surface area contributed by atoms with Crippen molar-refractivity contribution in [3.63, 3.8) is 0 Å². The van der Waals surface area contributed by atoms with E-state index < -0.39 is 0 Å². The Morgan fingerprint density at radius 3 is 2.93 bits per heavy atom. The minimum atomic E-state index is -0.305. The largest absolute Gasteiger partial charge is 0.338 e. The van der Waals surface area contributed by atoms with Gasteiger partial charge in [-0.1, -0.05) is 11.2 Å². The lowest BCUT2D eigenvalue weighted by Crippen LogP contribution is -2.40. The molecule has 2 aromatic carbocycles. The molecular weight excluding hydrogens is 403 g/mol. The highest BCUT2D eigenvalue weighted by Crippen LogP contribution is 2.23. The highest BCUT2D eigenvalue weighted by atomic mass is 32.2. The van der Waals surface area contributed by atoms with E-state index in [-0.39, 0.29) is 17.6 Å². The Balaban J connectivity index is 1.36. The molecule has 1 N–H and O–H groups in total. The van der Waals surface area contributed by atoms with Gasteiger partial charge in [0.2, 0.25) is 17.6 Å². The number of carbonyl (C=O) groups is 1. The second-order valence-corrected chi connectivity index (χ2v) is 8.19. The van der Waals surface area contributed by atoms with E-state index >= 15 is 0 Å². The molecule has 8 heteroatoms. The van der Waals surface area contributed by atoms with Gasteiger partial charge in [0.05, 0.1) is 12.5 Å². The maximum Gasteiger partial charge on any atom is 0.241 e. The van der Waals surface area contributed by atoms with Crippen LogP contribution in [-0.4, -0.2) is 40.3 Å². The number of piperidine rings is 1. The number of hydrogen-bond donors (Lipinski definition) is 1. The van der Waals surface area contributed by atoms with E-state index in [0.29, 0.717) is 30.4 Å². The molecule has 3 aromatic rings. The van der Waals surface area contributed by atoms with Crippen LogP contribution in [-0.2, 0) is 11.3 Å². The first-order chi connectivity index (χ1) is 14.6. The van der Waals surface area contributed by atoms with E-state index in [1.54, 1.807) is 23.9 Å². The topological polar surface area (TPSA) is 71.3 Å². The Bertz CT molecular complexity index is 1010. The minimum absolute atomic E-state index is 0.0375. The molecule has 1 saturated heterocycles. The zero-order valence-corrected chi connectivity index (χ0v) is 17.5. The van der Waals surface area contributed by atoms with Crippen molar-refractivity contribution in [2.24, 2.45) is 5.92 Å². The fourth-order valence-corrected chi connectivity index (χ4v) is 4.04. The van der Waals surface area contributed by atoms with Gasteiger partial charge in [0, 0.05) is 22.7 Å². The molecule has 1 atom stereocenters. The highest BCUT2D eigenvalue weighted by molar-refractivity contribution is 7.98. The lowest BCUT2D eigenvalue weighted by atomic mass is 9.97. The van der Waals surface area contributed by atoms with Crippen molar-refractivity contribution in [3.8, 4) is 11.4 Å².